The highest BCUT2D eigenvalue weighted by molar-refractivity contribution is 5.78. The molecule has 150 valence electrons. The topological polar surface area (TPSA) is 59.4 Å². The third-order valence-corrected chi connectivity index (χ3v) is 5.07. The number of aryl methyl sites for hydroxylation is 1. The molecule has 1 aliphatic rings. The van der Waals surface area contributed by atoms with Crippen molar-refractivity contribution in [3.63, 3.8) is 0 Å². The molecule has 0 fully saturated rings. The van der Waals surface area contributed by atoms with E-state index in [9.17, 15) is 4.79 Å². The van der Waals surface area contributed by atoms with Crippen LogP contribution < -0.4 is 10.1 Å². The quantitative estimate of drug-likeness (QED) is 0.727. The van der Waals surface area contributed by atoms with Gasteiger partial charge in [0.15, 0.2) is 0 Å². The Balaban J connectivity index is 1.34. The zero-order chi connectivity index (χ0) is 20.2. The lowest BCUT2D eigenvalue weighted by Crippen LogP contribution is -2.39. The second kappa shape index (κ2) is 8.49. The zero-order valence-electron chi connectivity index (χ0n) is 16.8. The van der Waals surface area contributed by atoms with Gasteiger partial charge in [0, 0.05) is 37.0 Å². The number of hydrogen-bond acceptors (Lipinski definition) is 4. The summed E-state index contributed by atoms with van der Waals surface area (Å²) in [5.74, 6) is 0.909. The first-order chi connectivity index (χ1) is 14.1. The second-order valence-electron chi connectivity index (χ2n) is 7.56. The minimum atomic E-state index is 0.000206. The maximum atomic E-state index is 12.5. The molecule has 1 amide bonds. The summed E-state index contributed by atoms with van der Waals surface area (Å²) in [5.41, 5.74) is 4.29. The van der Waals surface area contributed by atoms with E-state index in [0.717, 1.165) is 28.1 Å². The maximum Gasteiger partial charge on any atom is 0.234 e. The van der Waals surface area contributed by atoms with Crippen molar-refractivity contribution >= 4 is 5.91 Å². The van der Waals surface area contributed by atoms with Gasteiger partial charge in [-0.2, -0.15) is 5.10 Å². The summed E-state index contributed by atoms with van der Waals surface area (Å²) in [6.07, 6.45) is 3.80. The molecule has 0 radical (unpaired) electrons. The first-order valence-corrected chi connectivity index (χ1v) is 9.91. The van der Waals surface area contributed by atoms with E-state index in [1.807, 2.05) is 54.2 Å². The standard InChI is InChI=1S/C23H26N4O2/c1-17-7-3-5-9-21(17)27-14-19(12-25-27)11-24-23(28)16-26-13-18(2)29-22-10-6-4-8-20(22)15-26/h3-10,12,14,18H,11,13,15-16H2,1-2H3,(H,24,28). The molecule has 0 saturated heterocycles. The van der Waals surface area contributed by atoms with Crippen LogP contribution in [0.2, 0.25) is 0 Å². The number of fused-ring (bicyclic) bond motifs is 1. The van der Waals surface area contributed by atoms with Crippen LogP contribution in [0.5, 0.6) is 5.75 Å². The fourth-order valence-electron chi connectivity index (χ4n) is 3.66. The van der Waals surface area contributed by atoms with E-state index in [1.54, 1.807) is 6.20 Å². The number of carbonyl (C=O) groups is 1. The van der Waals surface area contributed by atoms with Crippen LogP contribution in [0.25, 0.3) is 5.69 Å². The second-order valence-corrected chi connectivity index (χ2v) is 7.56. The molecule has 1 unspecified atom stereocenters. The summed E-state index contributed by atoms with van der Waals surface area (Å²) in [4.78, 5) is 14.7. The maximum absolute atomic E-state index is 12.5. The van der Waals surface area contributed by atoms with E-state index in [-0.39, 0.29) is 12.0 Å². The van der Waals surface area contributed by atoms with Crippen LogP contribution in [-0.2, 0) is 17.9 Å². The SMILES string of the molecule is Cc1ccccc1-n1cc(CNC(=O)CN2Cc3ccccc3OC(C)C2)cn1. The number of ether oxygens (including phenoxy) is 1. The molecule has 2 aromatic carbocycles. The van der Waals surface area contributed by atoms with Crippen LogP contribution in [0, 0.1) is 6.92 Å². The van der Waals surface area contributed by atoms with Crippen LogP contribution in [0.1, 0.15) is 23.6 Å². The van der Waals surface area contributed by atoms with Gasteiger partial charge in [0.25, 0.3) is 0 Å². The molecule has 1 aromatic heterocycles. The number of hydrogen-bond donors (Lipinski definition) is 1. The van der Waals surface area contributed by atoms with Crippen LogP contribution in [0.3, 0.4) is 0 Å². The van der Waals surface area contributed by atoms with Crippen molar-refractivity contribution in [2.45, 2.75) is 33.0 Å². The van der Waals surface area contributed by atoms with Crippen LogP contribution in [-0.4, -0.2) is 39.8 Å². The van der Waals surface area contributed by atoms with Gasteiger partial charge in [0.05, 0.1) is 18.4 Å². The lowest BCUT2D eigenvalue weighted by atomic mass is 10.2. The Labute approximate surface area is 171 Å². The average Bonchev–Trinajstić information content (AvgIpc) is 3.10. The number of benzene rings is 2. The molecule has 2 heterocycles. The zero-order valence-corrected chi connectivity index (χ0v) is 16.8. The smallest absolute Gasteiger partial charge is 0.234 e. The Morgan fingerprint density at radius 1 is 1.21 bits per heavy atom. The number of nitrogens with one attached hydrogen (secondary N) is 1. The van der Waals surface area contributed by atoms with Crippen molar-refractivity contribution in [1.29, 1.82) is 0 Å². The Kier molecular flexibility index (Phi) is 5.62. The van der Waals surface area contributed by atoms with Gasteiger partial charge in [-0.25, -0.2) is 4.68 Å². The Hall–Kier alpha value is -3.12. The van der Waals surface area contributed by atoms with Crippen LogP contribution in [0.15, 0.2) is 60.9 Å². The summed E-state index contributed by atoms with van der Waals surface area (Å²) >= 11 is 0. The molecule has 0 spiro atoms. The molecule has 1 N–H and O–H groups in total. The summed E-state index contributed by atoms with van der Waals surface area (Å²) < 4.78 is 7.82. The van der Waals surface area contributed by atoms with Gasteiger partial charge in [0.1, 0.15) is 11.9 Å². The van der Waals surface area contributed by atoms with Crippen molar-refractivity contribution in [2.24, 2.45) is 0 Å². The average molecular weight is 390 g/mol. The molecule has 29 heavy (non-hydrogen) atoms. The highest BCUT2D eigenvalue weighted by Gasteiger charge is 2.21. The molecule has 1 aliphatic heterocycles. The van der Waals surface area contributed by atoms with Crippen molar-refractivity contribution < 1.29 is 9.53 Å². The molecular formula is C23H26N4O2. The van der Waals surface area contributed by atoms with Crippen LogP contribution >= 0.6 is 0 Å². The highest BCUT2D eigenvalue weighted by Crippen LogP contribution is 2.24. The van der Waals surface area contributed by atoms with Gasteiger partial charge in [-0.15, -0.1) is 0 Å². The summed E-state index contributed by atoms with van der Waals surface area (Å²) in [6, 6.07) is 16.1. The van der Waals surface area contributed by atoms with E-state index >= 15 is 0 Å². The Morgan fingerprint density at radius 3 is 2.86 bits per heavy atom. The molecule has 0 saturated carbocycles. The largest absolute Gasteiger partial charge is 0.489 e. The fourth-order valence-corrected chi connectivity index (χ4v) is 3.66. The monoisotopic (exact) mass is 390 g/mol. The van der Waals surface area contributed by atoms with Gasteiger partial charge in [-0.3, -0.25) is 9.69 Å². The van der Waals surface area contributed by atoms with Crippen molar-refractivity contribution in [2.75, 3.05) is 13.1 Å². The third kappa shape index (κ3) is 4.66. The molecule has 1 atom stereocenters. The third-order valence-electron chi connectivity index (χ3n) is 5.07. The number of carbonyl (C=O) groups excluding carboxylic acids is 1. The van der Waals surface area contributed by atoms with E-state index in [1.165, 1.54) is 0 Å². The summed E-state index contributed by atoms with van der Waals surface area (Å²) in [7, 11) is 0. The van der Waals surface area contributed by atoms with E-state index in [0.29, 0.717) is 26.2 Å². The first-order valence-electron chi connectivity index (χ1n) is 9.91. The van der Waals surface area contributed by atoms with E-state index in [2.05, 4.69) is 34.4 Å². The number of nitrogens with zero attached hydrogens (tertiary/aromatic N) is 3. The van der Waals surface area contributed by atoms with Crippen molar-refractivity contribution in [1.82, 2.24) is 20.0 Å². The molecule has 6 heteroatoms. The fraction of sp³-hybridized carbons (Fsp3) is 0.304. The van der Waals surface area contributed by atoms with Gasteiger partial charge in [0.2, 0.25) is 5.91 Å². The Morgan fingerprint density at radius 2 is 2.00 bits per heavy atom. The van der Waals surface area contributed by atoms with Gasteiger partial charge in [-0.05, 0) is 31.5 Å². The normalized spacial score (nSPS) is 16.6. The highest BCUT2D eigenvalue weighted by atomic mass is 16.5. The van der Waals surface area contributed by atoms with Gasteiger partial charge >= 0.3 is 0 Å². The number of aromatic nitrogens is 2. The van der Waals surface area contributed by atoms with E-state index in [4.69, 9.17) is 4.74 Å². The van der Waals surface area contributed by atoms with Crippen LogP contribution in [0.4, 0.5) is 0 Å². The molecule has 6 nitrogen and oxygen atoms in total. The number of para-hydroxylation sites is 2. The van der Waals surface area contributed by atoms with Crippen molar-refractivity contribution in [3.8, 4) is 11.4 Å². The minimum absolute atomic E-state index is 0.000206. The number of amides is 1. The lowest BCUT2D eigenvalue weighted by molar-refractivity contribution is -0.122. The molecule has 4 rings (SSSR count). The molecule has 0 bridgehead atoms. The molecule has 3 aromatic rings. The van der Waals surface area contributed by atoms with Gasteiger partial charge in [-0.1, -0.05) is 36.4 Å². The Bertz CT molecular complexity index is 998. The lowest BCUT2D eigenvalue weighted by Gasteiger charge is -2.21. The molecular weight excluding hydrogens is 364 g/mol. The van der Waals surface area contributed by atoms with E-state index < -0.39 is 0 Å². The number of rotatable bonds is 5. The first kappa shape index (κ1) is 19.2. The predicted molar refractivity (Wildman–Crippen MR) is 112 cm³/mol. The summed E-state index contributed by atoms with van der Waals surface area (Å²) in [6.45, 7) is 6.32. The predicted octanol–water partition coefficient (Wildman–Crippen LogP) is 3.08. The summed E-state index contributed by atoms with van der Waals surface area (Å²) in [5, 5.41) is 7.44. The minimum Gasteiger partial charge on any atom is -0.489 e. The van der Waals surface area contributed by atoms with Crippen molar-refractivity contribution in [3.05, 3.63) is 77.6 Å². The van der Waals surface area contributed by atoms with Gasteiger partial charge < -0.3 is 10.1 Å². The molecule has 0 aliphatic carbocycles.